The van der Waals surface area contributed by atoms with E-state index in [4.69, 9.17) is 0 Å². The van der Waals surface area contributed by atoms with Crippen LogP contribution in [0.2, 0.25) is 0 Å². The van der Waals surface area contributed by atoms with E-state index in [1.54, 1.807) is 0 Å². The summed E-state index contributed by atoms with van der Waals surface area (Å²) >= 11 is 0. The van der Waals surface area contributed by atoms with Crippen LogP contribution in [0, 0.1) is 0 Å². The van der Waals surface area contributed by atoms with Crippen molar-refractivity contribution in [2.75, 3.05) is 0 Å². The molecule has 0 aromatic heterocycles. The maximum atomic E-state index is 10.2. The van der Waals surface area contributed by atoms with Crippen molar-refractivity contribution in [1.82, 2.24) is 0 Å². The number of rotatable bonds is 2. The summed E-state index contributed by atoms with van der Waals surface area (Å²) in [6, 6.07) is 0. The molecule has 0 amide bonds. The van der Waals surface area contributed by atoms with Crippen LogP contribution in [0.25, 0.3) is 0 Å². The van der Waals surface area contributed by atoms with Crippen LogP contribution in [0.4, 0.5) is 0 Å². The first kappa shape index (κ1) is 11.6. The van der Waals surface area contributed by atoms with E-state index in [0.717, 1.165) is 0 Å². The Hall–Kier alpha value is -0.120. The molecule has 0 aliphatic heterocycles. The minimum atomic E-state index is -0.681. The fourth-order valence-electron chi connectivity index (χ4n) is 0.144. The van der Waals surface area contributed by atoms with E-state index in [2.05, 4.69) is 11.3 Å². The molecule has 46 valence electrons. The molecular weight excluding hydrogens is 131 g/mol. The van der Waals surface area contributed by atoms with Crippen molar-refractivity contribution in [3.8, 4) is 0 Å². The van der Waals surface area contributed by atoms with Crippen molar-refractivity contribution in [3.05, 3.63) is 12.2 Å². The van der Waals surface area contributed by atoms with Gasteiger partial charge in [0.1, 0.15) is 0 Å². The molecule has 0 heterocycles. The minimum absolute atomic E-state index is 0. The molecule has 0 saturated heterocycles. The summed E-state index contributed by atoms with van der Waals surface area (Å²) in [6.07, 6.45) is 0. The third-order valence-corrected chi connectivity index (χ3v) is 0.504. The van der Waals surface area contributed by atoms with Crippen LogP contribution >= 0.6 is 0 Å². The summed E-state index contributed by atoms with van der Waals surface area (Å²) in [6.45, 7) is 4.78. The van der Waals surface area contributed by atoms with Crippen molar-refractivity contribution < 1.29 is 14.3 Å². The average Bonchev–Trinajstić information content (AvgIpc) is 1.67. The van der Waals surface area contributed by atoms with E-state index in [1.807, 2.05) is 0 Å². The third kappa shape index (κ3) is 5.76. The van der Waals surface area contributed by atoms with E-state index < -0.39 is 5.97 Å². The molecule has 9 heavy (non-hydrogen) atoms. The molecule has 0 aromatic rings. The summed E-state index contributed by atoms with van der Waals surface area (Å²) in [4.78, 5) is 19.6. The Kier molecular flexibility index (Phi) is 7.77. The Morgan fingerprint density at radius 1 is 1.67 bits per heavy atom. The van der Waals surface area contributed by atoms with Crippen molar-refractivity contribution in [1.29, 1.82) is 0 Å². The Morgan fingerprint density at radius 2 is 2.11 bits per heavy atom. The number of carbonyl (C=O) groups is 2. The molecule has 0 aliphatic rings. The van der Waals surface area contributed by atoms with Gasteiger partial charge in [0.05, 0.1) is 0 Å². The van der Waals surface area contributed by atoms with Gasteiger partial charge in [0.25, 0.3) is 0 Å². The van der Waals surface area contributed by atoms with Crippen LogP contribution < -0.4 is 0 Å². The predicted octanol–water partition coefficient (Wildman–Crippen LogP) is -0.386. The molecule has 0 unspecified atom stereocenters. The molecule has 0 fully saturated rings. The van der Waals surface area contributed by atoms with Crippen LogP contribution in [0.3, 0.4) is 0 Å². The van der Waals surface area contributed by atoms with Crippen LogP contribution in [0.15, 0.2) is 12.2 Å². The molecule has 0 aromatic carbocycles. The normalized spacial score (nSPS) is 6.78. The van der Waals surface area contributed by atoms with Gasteiger partial charge < -0.3 is 4.74 Å². The monoisotopic (exact) mass is 138 g/mol. The van der Waals surface area contributed by atoms with Gasteiger partial charge in [-0.2, -0.15) is 0 Å². The summed E-state index contributed by atoms with van der Waals surface area (Å²) in [5, 5.41) is 0. The number of hydrogen-bond acceptors (Lipinski definition) is 3. The molecule has 0 radical (unpaired) electrons. The summed E-state index contributed by atoms with van der Waals surface area (Å²) in [5.74, 6) is -0.681. The predicted molar refractivity (Wildman–Crippen MR) is 34.1 cm³/mol. The summed E-state index contributed by atoms with van der Waals surface area (Å²) in [5.41, 5.74) is 0.220. The molecule has 0 saturated carbocycles. The van der Waals surface area contributed by atoms with E-state index in [0.29, 0.717) is 0 Å². The van der Waals surface area contributed by atoms with Crippen LogP contribution in [-0.2, 0) is 14.3 Å². The van der Waals surface area contributed by atoms with Gasteiger partial charge in [-0.05, 0) is 6.92 Å². The zero-order valence-electron chi connectivity index (χ0n) is 4.51. The van der Waals surface area contributed by atoms with Crippen LogP contribution in [-0.4, -0.2) is 42.0 Å². The molecule has 3 nitrogen and oxygen atoms in total. The van der Waals surface area contributed by atoms with Crippen LogP contribution in [0.1, 0.15) is 6.92 Å². The maximum absolute atomic E-state index is 10.2. The first-order valence-electron chi connectivity index (χ1n) is 1.98. The first-order chi connectivity index (χ1) is 3.68. The Balaban J connectivity index is 0. The molecule has 0 bridgehead atoms. The number of ether oxygens (including phenoxy) is 1. The topological polar surface area (TPSA) is 43.4 Å². The molecule has 0 spiro atoms. The Bertz CT molecular complexity index is 130. The van der Waals surface area contributed by atoms with Gasteiger partial charge in [0, 0.05) is 5.57 Å². The molecule has 0 rings (SSSR count). The summed E-state index contributed by atoms with van der Waals surface area (Å²) < 4.78 is 3.88. The second kappa shape index (κ2) is 6.01. The van der Waals surface area contributed by atoms with Gasteiger partial charge in [-0.1, -0.05) is 6.58 Å². The van der Waals surface area contributed by atoms with Gasteiger partial charge in [0.2, 0.25) is 0 Å². The van der Waals surface area contributed by atoms with Crippen molar-refractivity contribution in [3.63, 3.8) is 0 Å². The van der Waals surface area contributed by atoms with Crippen molar-refractivity contribution >= 4 is 42.0 Å². The molecule has 0 N–H and O–H groups in total. The summed E-state index contributed by atoms with van der Waals surface area (Å²) in [7, 11) is 0. The van der Waals surface area contributed by atoms with Crippen molar-refractivity contribution in [2.45, 2.75) is 6.92 Å². The second-order valence-electron chi connectivity index (χ2n) is 1.28. The average molecular weight is 138 g/mol. The van der Waals surface area contributed by atoms with Crippen molar-refractivity contribution in [2.24, 2.45) is 0 Å². The SMILES string of the molecule is C=C(C)C(=O)OC=O.[NaH]. The number of hydrogen-bond donors (Lipinski definition) is 0. The van der Waals surface area contributed by atoms with Gasteiger partial charge in [-0.3, -0.25) is 4.79 Å². The molecular formula is C5H7NaO3. The van der Waals surface area contributed by atoms with E-state index in [9.17, 15) is 9.59 Å². The first-order valence-corrected chi connectivity index (χ1v) is 1.98. The van der Waals surface area contributed by atoms with E-state index in [-0.39, 0.29) is 41.6 Å². The molecule has 0 aliphatic carbocycles. The quantitative estimate of drug-likeness (QED) is 0.172. The second-order valence-corrected chi connectivity index (χ2v) is 1.28. The zero-order valence-corrected chi connectivity index (χ0v) is 4.51. The fraction of sp³-hybridized carbons (Fsp3) is 0.200. The molecule has 0 atom stereocenters. The number of esters is 1. The van der Waals surface area contributed by atoms with E-state index in [1.165, 1.54) is 6.92 Å². The van der Waals surface area contributed by atoms with Gasteiger partial charge in [-0.15, -0.1) is 0 Å². The van der Waals surface area contributed by atoms with Gasteiger partial charge >= 0.3 is 42.0 Å². The molecule has 4 heteroatoms. The van der Waals surface area contributed by atoms with Gasteiger partial charge in [-0.25, -0.2) is 4.79 Å². The number of carbonyl (C=O) groups excluding carboxylic acids is 2. The zero-order chi connectivity index (χ0) is 6.57. The Morgan fingerprint density at radius 3 is 2.22 bits per heavy atom. The standard InChI is InChI=1S/C5H6O3.Na.H/c1-4(2)5(7)8-3-6;;/h3H,1H2,2H3;;. The Labute approximate surface area is 75.4 Å². The fourth-order valence-corrected chi connectivity index (χ4v) is 0.144. The third-order valence-electron chi connectivity index (χ3n) is 0.504. The van der Waals surface area contributed by atoms with E-state index >= 15 is 0 Å². The van der Waals surface area contributed by atoms with Crippen LogP contribution in [0.5, 0.6) is 0 Å². The van der Waals surface area contributed by atoms with Gasteiger partial charge in [0.15, 0.2) is 0 Å².